The fourth-order valence-electron chi connectivity index (χ4n) is 0.881. The van der Waals surface area contributed by atoms with Gasteiger partial charge >= 0.3 is 23.9 Å². The van der Waals surface area contributed by atoms with E-state index in [1.54, 1.807) is 0 Å². The Morgan fingerprint density at radius 2 is 1.25 bits per heavy atom. The molecule has 20 heavy (non-hydrogen) atoms. The maximum atomic E-state index is 9.10. The highest BCUT2D eigenvalue weighted by Crippen LogP contribution is 2.19. The highest BCUT2D eigenvalue weighted by Gasteiger charge is 2.06. The highest BCUT2D eigenvalue weighted by atomic mass is 16.4. The Labute approximate surface area is 111 Å². The van der Waals surface area contributed by atoms with E-state index in [9.17, 15) is 0 Å². The van der Waals surface area contributed by atoms with Crippen molar-refractivity contribution in [2.75, 3.05) is 0 Å². The molecule has 0 aromatic carbocycles. The molecular weight excluding hydrogens is 274 g/mol. The predicted octanol–water partition coefficient (Wildman–Crippen LogP) is -0.238. The average molecular weight is 283 g/mol. The third kappa shape index (κ3) is 6.49. The van der Waals surface area contributed by atoms with Gasteiger partial charge in [-0.15, -0.1) is 0 Å². The molecule has 0 aromatic heterocycles. The summed E-state index contributed by atoms with van der Waals surface area (Å²) in [5, 5.41) is 29.6. The standard InChI is InChI=1S/C7H5N.2C2H2O4/c1-2-6-4-8-5-7(6)3-1;2*3-1(4)2(5)6/h1-5H;2*(H,3,4)(H,5,6). The third-order valence-corrected chi connectivity index (χ3v) is 1.68. The molecule has 0 fully saturated rings. The summed E-state index contributed by atoms with van der Waals surface area (Å²) in [6.07, 6.45) is 9.89. The van der Waals surface area contributed by atoms with E-state index in [1.807, 2.05) is 18.5 Å². The van der Waals surface area contributed by atoms with E-state index < -0.39 is 23.9 Å². The van der Waals surface area contributed by atoms with Gasteiger partial charge in [-0.05, 0) is 0 Å². The molecule has 106 valence electrons. The minimum atomic E-state index is -1.82. The number of nitrogens with zero attached hydrogens (tertiary/aromatic N) is 1. The Balaban J connectivity index is 0.000000278. The van der Waals surface area contributed by atoms with E-state index in [-0.39, 0.29) is 0 Å². The van der Waals surface area contributed by atoms with Crippen LogP contribution in [0.3, 0.4) is 0 Å². The van der Waals surface area contributed by atoms with Crippen molar-refractivity contribution in [3.05, 3.63) is 35.6 Å². The average Bonchev–Trinajstić information content (AvgIpc) is 2.92. The number of aliphatic carboxylic acids is 4. The quantitative estimate of drug-likeness (QED) is 0.443. The lowest BCUT2D eigenvalue weighted by molar-refractivity contribution is -0.159. The summed E-state index contributed by atoms with van der Waals surface area (Å²) in [5.41, 5.74) is 2.48. The van der Waals surface area contributed by atoms with Crippen LogP contribution in [0.1, 0.15) is 0 Å². The summed E-state index contributed by atoms with van der Waals surface area (Å²) in [4.78, 5) is 40.4. The molecule has 0 unspecified atom stereocenters. The fraction of sp³-hybridized carbons (Fsp3) is 0. The molecule has 0 aromatic rings. The Bertz CT molecular complexity index is 479. The van der Waals surface area contributed by atoms with Crippen molar-refractivity contribution in [1.29, 1.82) is 0 Å². The summed E-state index contributed by atoms with van der Waals surface area (Å²) in [5.74, 6) is -7.30. The molecule has 0 bridgehead atoms. The largest absolute Gasteiger partial charge is 0.473 e. The molecule has 1 aliphatic carbocycles. The van der Waals surface area contributed by atoms with Crippen molar-refractivity contribution in [3.63, 3.8) is 0 Å². The van der Waals surface area contributed by atoms with Crippen LogP contribution in [0.2, 0.25) is 0 Å². The van der Waals surface area contributed by atoms with Gasteiger partial charge in [-0.1, -0.05) is 18.2 Å². The van der Waals surface area contributed by atoms with Gasteiger partial charge in [0.05, 0.1) is 0 Å². The zero-order chi connectivity index (χ0) is 15.7. The highest BCUT2D eigenvalue weighted by molar-refractivity contribution is 6.27. The summed E-state index contributed by atoms with van der Waals surface area (Å²) in [6, 6.07) is 0. The first-order valence-electron chi connectivity index (χ1n) is 4.80. The van der Waals surface area contributed by atoms with Gasteiger partial charge in [0.25, 0.3) is 0 Å². The second-order valence-corrected chi connectivity index (χ2v) is 3.06. The molecule has 2 aliphatic rings. The first-order valence-corrected chi connectivity index (χ1v) is 4.80. The van der Waals surface area contributed by atoms with Gasteiger partial charge in [0.2, 0.25) is 0 Å². The van der Waals surface area contributed by atoms with Crippen LogP contribution in [0.15, 0.2) is 40.6 Å². The monoisotopic (exact) mass is 283 g/mol. The van der Waals surface area contributed by atoms with Crippen molar-refractivity contribution >= 4 is 30.1 Å². The van der Waals surface area contributed by atoms with Crippen LogP contribution in [0, 0.1) is 0 Å². The molecule has 4 N–H and O–H groups in total. The summed E-state index contributed by atoms with van der Waals surface area (Å²) in [6.45, 7) is 0. The molecular formula is C11H9NO8. The van der Waals surface area contributed by atoms with Crippen LogP contribution in [-0.2, 0) is 19.2 Å². The van der Waals surface area contributed by atoms with Crippen LogP contribution in [0.25, 0.3) is 0 Å². The zero-order valence-corrected chi connectivity index (χ0v) is 9.76. The van der Waals surface area contributed by atoms with Crippen LogP contribution in [0.5, 0.6) is 0 Å². The molecule has 0 radical (unpaired) electrons. The number of hydrogen-bond donors (Lipinski definition) is 4. The van der Waals surface area contributed by atoms with Gasteiger partial charge in [0.1, 0.15) is 0 Å². The summed E-state index contributed by atoms with van der Waals surface area (Å²) in [7, 11) is 0. The molecule has 0 saturated carbocycles. The number of allylic oxidation sites excluding steroid dienone is 5. The number of fused-ring (bicyclic) bond motifs is 1. The van der Waals surface area contributed by atoms with E-state index >= 15 is 0 Å². The van der Waals surface area contributed by atoms with Gasteiger partial charge in [-0.25, -0.2) is 19.2 Å². The van der Waals surface area contributed by atoms with E-state index in [4.69, 9.17) is 39.6 Å². The van der Waals surface area contributed by atoms with Crippen molar-refractivity contribution in [1.82, 2.24) is 0 Å². The minimum absolute atomic E-state index is 1.24. The van der Waals surface area contributed by atoms with Gasteiger partial charge in [-0.3, -0.25) is 4.99 Å². The second-order valence-electron chi connectivity index (χ2n) is 3.06. The molecule has 0 spiro atoms. The summed E-state index contributed by atoms with van der Waals surface area (Å²) < 4.78 is 0. The smallest absolute Gasteiger partial charge is 0.414 e. The second kappa shape index (κ2) is 7.97. The number of hydrogen-bond acceptors (Lipinski definition) is 5. The molecule has 1 aliphatic heterocycles. The first-order chi connectivity index (χ1) is 9.25. The number of aliphatic imine (C=N–C) groups is 1. The SMILES string of the molecule is C1=CC2=CN=CC2=C1.O=C(O)C(=O)O.O=C(O)C(=O)O. The Morgan fingerprint density at radius 3 is 1.60 bits per heavy atom. The zero-order valence-electron chi connectivity index (χ0n) is 9.76. The first kappa shape index (κ1) is 16.8. The molecule has 0 atom stereocenters. The Morgan fingerprint density at radius 1 is 0.800 bits per heavy atom. The molecule has 1 heterocycles. The normalized spacial score (nSPS) is 12.8. The molecule has 9 heteroatoms. The van der Waals surface area contributed by atoms with Crippen molar-refractivity contribution in [2.24, 2.45) is 4.99 Å². The number of carboxylic acids is 4. The lowest BCUT2D eigenvalue weighted by Gasteiger charge is -1.82. The Hall–Kier alpha value is -3.23. The molecule has 9 nitrogen and oxygen atoms in total. The van der Waals surface area contributed by atoms with Crippen LogP contribution >= 0.6 is 0 Å². The molecule has 0 saturated heterocycles. The van der Waals surface area contributed by atoms with Crippen LogP contribution in [-0.4, -0.2) is 50.5 Å². The minimum Gasteiger partial charge on any atom is -0.473 e. The van der Waals surface area contributed by atoms with E-state index in [0.717, 1.165) is 0 Å². The lowest BCUT2D eigenvalue weighted by atomic mass is 10.2. The number of rotatable bonds is 0. The van der Waals surface area contributed by atoms with Crippen LogP contribution < -0.4 is 0 Å². The van der Waals surface area contributed by atoms with E-state index in [0.29, 0.717) is 0 Å². The van der Waals surface area contributed by atoms with E-state index in [1.165, 1.54) is 11.1 Å². The fourth-order valence-corrected chi connectivity index (χ4v) is 0.881. The van der Waals surface area contributed by atoms with E-state index in [2.05, 4.69) is 17.1 Å². The third-order valence-electron chi connectivity index (χ3n) is 1.68. The van der Waals surface area contributed by atoms with Gasteiger partial charge in [0.15, 0.2) is 0 Å². The maximum Gasteiger partial charge on any atom is 0.414 e. The predicted molar refractivity (Wildman–Crippen MR) is 64.3 cm³/mol. The number of carboxylic acid groups (broad SMARTS) is 4. The molecule has 0 amide bonds. The summed E-state index contributed by atoms with van der Waals surface area (Å²) >= 11 is 0. The van der Waals surface area contributed by atoms with Gasteiger partial charge < -0.3 is 20.4 Å². The van der Waals surface area contributed by atoms with Crippen LogP contribution in [0.4, 0.5) is 0 Å². The van der Waals surface area contributed by atoms with Gasteiger partial charge in [-0.2, -0.15) is 0 Å². The van der Waals surface area contributed by atoms with Crippen molar-refractivity contribution < 1.29 is 39.6 Å². The Kier molecular flexibility index (Phi) is 6.69. The topological polar surface area (TPSA) is 162 Å². The number of carbonyl (C=O) groups is 4. The van der Waals surface area contributed by atoms with Gasteiger partial charge in [0, 0.05) is 23.6 Å². The molecule has 2 rings (SSSR count). The van der Waals surface area contributed by atoms with Crippen molar-refractivity contribution in [3.8, 4) is 0 Å². The maximum absolute atomic E-state index is 9.10. The lowest BCUT2D eigenvalue weighted by Crippen LogP contribution is -2.09. The van der Waals surface area contributed by atoms with Crippen molar-refractivity contribution in [2.45, 2.75) is 0 Å².